The number of hydrogen-bond acceptors (Lipinski definition) is 5. The molecule has 0 aliphatic carbocycles. The number of pyridine rings is 1. The molecule has 1 saturated heterocycles. The number of rotatable bonds is 5. The zero-order valence-corrected chi connectivity index (χ0v) is 14.7. The molecule has 27 heavy (non-hydrogen) atoms. The average molecular weight is 368 g/mol. The van der Waals surface area contributed by atoms with E-state index in [1.54, 1.807) is 19.1 Å². The minimum Gasteiger partial charge on any atom is -0.480 e. The molecular formula is C19H20N4O4. The molecule has 8 nitrogen and oxygen atoms in total. The van der Waals surface area contributed by atoms with Gasteiger partial charge in [-0.3, -0.25) is 4.79 Å². The fourth-order valence-corrected chi connectivity index (χ4v) is 3.21. The molecule has 3 amide bonds. The number of nitrogens with one attached hydrogen (secondary N) is 1. The summed E-state index contributed by atoms with van der Waals surface area (Å²) in [5, 5.41) is 12.2. The quantitative estimate of drug-likeness (QED) is 0.688. The summed E-state index contributed by atoms with van der Waals surface area (Å²) in [4.78, 5) is 41.3. The lowest BCUT2D eigenvalue weighted by Gasteiger charge is -2.43. The Morgan fingerprint density at radius 1 is 1.30 bits per heavy atom. The predicted octanol–water partition coefficient (Wildman–Crippen LogP) is 1.59. The number of likely N-dealkylation sites (tertiary alicyclic amines) is 1. The molecule has 1 aromatic carbocycles. The summed E-state index contributed by atoms with van der Waals surface area (Å²) in [6.07, 6.45) is 1.68. The largest absolute Gasteiger partial charge is 0.480 e. The number of carboxylic acids is 1. The second-order valence-corrected chi connectivity index (χ2v) is 6.47. The van der Waals surface area contributed by atoms with Gasteiger partial charge in [-0.2, -0.15) is 0 Å². The van der Waals surface area contributed by atoms with Gasteiger partial charge >= 0.3 is 12.0 Å². The number of urea groups is 1. The highest BCUT2D eigenvalue weighted by atomic mass is 16.4. The van der Waals surface area contributed by atoms with Crippen LogP contribution < -0.4 is 11.1 Å². The van der Waals surface area contributed by atoms with Crippen molar-refractivity contribution in [3.8, 4) is 0 Å². The molecule has 1 aromatic heterocycles. The third-order valence-corrected chi connectivity index (χ3v) is 4.63. The van der Waals surface area contributed by atoms with Gasteiger partial charge in [-0.25, -0.2) is 19.5 Å². The van der Waals surface area contributed by atoms with E-state index in [0.717, 1.165) is 10.5 Å². The van der Waals surface area contributed by atoms with Gasteiger partial charge in [0.1, 0.15) is 5.82 Å². The standard InChI is InChI=1S/C19H20N4O4/c1-11(13-5-3-2-4-6-13)22-19(27)23-16(18(25)26)14(17(23)24)9-12-7-8-21-15(20)10-12/h2-8,10-11,14,16H,9H2,1H3,(H2,20,21)(H,22,27)(H,25,26)/t11-,14?,16?/m1/s1. The van der Waals surface area contributed by atoms with Gasteiger partial charge in [-0.05, 0) is 36.6 Å². The molecule has 1 aliphatic heterocycles. The molecule has 4 N–H and O–H groups in total. The highest BCUT2D eigenvalue weighted by molar-refractivity contribution is 6.07. The lowest BCUT2D eigenvalue weighted by Crippen LogP contribution is -2.68. The minimum atomic E-state index is -1.22. The van der Waals surface area contributed by atoms with E-state index in [1.807, 2.05) is 30.3 Å². The molecule has 0 bridgehead atoms. The van der Waals surface area contributed by atoms with E-state index in [9.17, 15) is 19.5 Å². The molecule has 1 aliphatic rings. The Kier molecular flexibility index (Phi) is 5.07. The topological polar surface area (TPSA) is 126 Å². The van der Waals surface area contributed by atoms with Gasteiger partial charge in [-0.1, -0.05) is 30.3 Å². The summed E-state index contributed by atoms with van der Waals surface area (Å²) in [7, 11) is 0. The molecule has 0 radical (unpaired) electrons. The number of anilines is 1. The van der Waals surface area contributed by atoms with Crippen LogP contribution in [-0.4, -0.2) is 38.9 Å². The summed E-state index contributed by atoms with van der Waals surface area (Å²) in [6.45, 7) is 1.77. The molecule has 2 aromatic rings. The van der Waals surface area contributed by atoms with Crippen LogP contribution in [0, 0.1) is 5.92 Å². The maximum absolute atomic E-state index is 12.5. The molecule has 3 atom stereocenters. The van der Waals surface area contributed by atoms with Crippen molar-refractivity contribution in [1.29, 1.82) is 0 Å². The summed E-state index contributed by atoms with van der Waals surface area (Å²) in [5.41, 5.74) is 7.18. The molecule has 2 unspecified atom stereocenters. The fourth-order valence-electron chi connectivity index (χ4n) is 3.21. The van der Waals surface area contributed by atoms with E-state index in [0.29, 0.717) is 5.56 Å². The van der Waals surface area contributed by atoms with Crippen LogP contribution in [0.5, 0.6) is 0 Å². The van der Waals surface area contributed by atoms with Crippen molar-refractivity contribution >= 4 is 23.7 Å². The number of nitrogens with two attached hydrogens (primary N) is 1. The Hall–Kier alpha value is -3.42. The second-order valence-electron chi connectivity index (χ2n) is 6.47. The number of nitrogen functional groups attached to an aromatic ring is 1. The summed E-state index contributed by atoms with van der Waals surface area (Å²) in [5.74, 6) is -2.26. The third kappa shape index (κ3) is 3.74. The number of aromatic nitrogens is 1. The summed E-state index contributed by atoms with van der Waals surface area (Å²) >= 11 is 0. The van der Waals surface area contributed by atoms with Crippen LogP contribution in [0.15, 0.2) is 48.7 Å². The van der Waals surface area contributed by atoms with Crippen LogP contribution in [-0.2, 0) is 16.0 Å². The van der Waals surface area contributed by atoms with Crippen molar-refractivity contribution in [3.05, 3.63) is 59.8 Å². The lowest BCUT2D eigenvalue weighted by molar-refractivity contribution is -0.165. The molecule has 2 heterocycles. The van der Waals surface area contributed by atoms with Crippen LogP contribution in [0.4, 0.5) is 10.6 Å². The first-order valence-electron chi connectivity index (χ1n) is 8.50. The smallest absolute Gasteiger partial charge is 0.327 e. The first kappa shape index (κ1) is 18.4. The number of nitrogens with zero attached hydrogens (tertiary/aromatic N) is 2. The molecule has 0 saturated carbocycles. The van der Waals surface area contributed by atoms with E-state index >= 15 is 0 Å². The van der Waals surface area contributed by atoms with Crippen LogP contribution in [0.3, 0.4) is 0 Å². The lowest BCUT2D eigenvalue weighted by atomic mass is 9.82. The number of carbonyl (C=O) groups excluding carboxylic acids is 2. The summed E-state index contributed by atoms with van der Waals surface area (Å²) < 4.78 is 0. The van der Waals surface area contributed by atoms with Crippen LogP contribution >= 0.6 is 0 Å². The first-order chi connectivity index (χ1) is 12.9. The number of aliphatic carboxylic acids is 1. The highest BCUT2D eigenvalue weighted by Crippen LogP contribution is 2.31. The molecule has 0 spiro atoms. The van der Waals surface area contributed by atoms with E-state index in [2.05, 4.69) is 10.3 Å². The maximum Gasteiger partial charge on any atom is 0.327 e. The Morgan fingerprint density at radius 3 is 2.63 bits per heavy atom. The molecular weight excluding hydrogens is 348 g/mol. The Morgan fingerprint density at radius 2 is 2.00 bits per heavy atom. The maximum atomic E-state index is 12.5. The number of carbonyl (C=O) groups is 3. The molecule has 3 rings (SSSR count). The van der Waals surface area contributed by atoms with E-state index in [1.165, 1.54) is 6.20 Å². The van der Waals surface area contributed by atoms with Crippen molar-refractivity contribution in [2.75, 3.05) is 5.73 Å². The van der Waals surface area contributed by atoms with Crippen molar-refractivity contribution in [2.45, 2.75) is 25.4 Å². The van der Waals surface area contributed by atoms with Gasteiger partial charge in [0.25, 0.3) is 0 Å². The van der Waals surface area contributed by atoms with Crippen molar-refractivity contribution in [2.24, 2.45) is 5.92 Å². The van der Waals surface area contributed by atoms with Gasteiger partial charge < -0.3 is 16.2 Å². The Labute approximate surface area is 156 Å². The first-order valence-corrected chi connectivity index (χ1v) is 8.50. The van der Waals surface area contributed by atoms with Gasteiger partial charge in [0.05, 0.1) is 12.0 Å². The zero-order valence-electron chi connectivity index (χ0n) is 14.7. The normalized spacial score (nSPS) is 19.9. The van der Waals surface area contributed by atoms with Crippen LogP contribution in [0.1, 0.15) is 24.1 Å². The minimum absolute atomic E-state index is 0.181. The molecule has 8 heteroatoms. The predicted molar refractivity (Wildman–Crippen MR) is 97.5 cm³/mol. The SMILES string of the molecule is C[C@@H](NC(=O)N1C(=O)C(Cc2ccnc(N)c2)C1C(=O)O)c1ccccc1. The number of hydrogen-bond donors (Lipinski definition) is 3. The number of imide groups is 1. The van der Waals surface area contributed by atoms with E-state index in [-0.39, 0.29) is 18.3 Å². The van der Waals surface area contributed by atoms with Gasteiger partial charge in [0.15, 0.2) is 6.04 Å². The van der Waals surface area contributed by atoms with Crippen molar-refractivity contribution in [3.63, 3.8) is 0 Å². The number of β-lactam (4-membered cyclic amide) rings is 1. The third-order valence-electron chi connectivity index (χ3n) is 4.63. The van der Waals surface area contributed by atoms with Crippen molar-refractivity contribution < 1.29 is 19.5 Å². The number of benzene rings is 1. The zero-order chi connectivity index (χ0) is 19.6. The van der Waals surface area contributed by atoms with Crippen LogP contribution in [0.2, 0.25) is 0 Å². The van der Waals surface area contributed by atoms with Gasteiger partial charge in [-0.15, -0.1) is 0 Å². The Bertz CT molecular complexity index is 871. The number of amides is 3. The van der Waals surface area contributed by atoms with Gasteiger partial charge in [0, 0.05) is 6.20 Å². The van der Waals surface area contributed by atoms with E-state index in [4.69, 9.17) is 5.73 Å². The van der Waals surface area contributed by atoms with Gasteiger partial charge in [0.2, 0.25) is 5.91 Å². The fraction of sp³-hybridized carbons (Fsp3) is 0.263. The monoisotopic (exact) mass is 368 g/mol. The highest BCUT2D eigenvalue weighted by Gasteiger charge is 2.54. The average Bonchev–Trinajstić information content (AvgIpc) is 2.64. The molecule has 140 valence electrons. The number of carboxylic acid groups (broad SMARTS) is 1. The van der Waals surface area contributed by atoms with Crippen LogP contribution in [0.25, 0.3) is 0 Å². The Balaban J connectivity index is 1.71. The second kappa shape index (κ2) is 7.45. The molecule has 1 fully saturated rings. The van der Waals surface area contributed by atoms with Crippen molar-refractivity contribution in [1.82, 2.24) is 15.2 Å². The summed E-state index contributed by atoms with van der Waals surface area (Å²) in [6, 6.07) is 10.2. The van der Waals surface area contributed by atoms with E-state index < -0.39 is 29.9 Å².